The van der Waals surface area contributed by atoms with Crippen LogP contribution in [0.2, 0.25) is 0 Å². The molecular formula is C14H20N4O2. The van der Waals surface area contributed by atoms with Crippen molar-refractivity contribution < 1.29 is 9.59 Å². The number of anilines is 2. The van der Waals surface area contributed by atoms with Gasteiger partial charge in [-0.1, -0.05) is 0 Å². The Bertz CT molecular complexity index is 528. The summed E-state index contributed by atoms with van der Waals surface area (Å²) in [6.45, 7) is 3.37. The van der Waals surface area contributed by atoms with Crippen molar-refractivity contribution in [3.05, 3.63) is 23.8 Å². The van der Waals surface area contributed by atoms with Crippen molar-refractivity contribution in [1.29, 1.82) is 0 Å². The lowest BCUT2D eigenvalue weighted by Crippen LogP contribution is -2.44. The molecule has 1 aliphatic rings. The van der Waals surface area contributed by atoms with Crippen LogP contribution in [-0.2, 0) is 4.79 Å². The van der Waals surface area contributed by atoms with E-state index in [1.54, 1.807) is 33.2 Å². The van der Waals surface area contributed by atoms with Crippen LogP contribution in [0, 0.1) is 0 Å². The summed E-state index contributed by atoms with van der Waals surface area (Å²) in [5.41, 5.74) is 2.44. The van der Waals surface area contributed by atoms with Crippen molar-refractivity contribution in [3.8, 4) is 0 Å². The second-order valence-corrected chi connectivity index (χ2v) is 5.04. The highest BCUT2D eigenvalue weighted by Gasteiger charge is 2.19. The molecule has 20 heavy (non-hydrogen) atoms. The Balaban J connectivity index is 2.08. The molecule has 108 valence electrons. The zero-order valence-corrected chi connectivity index (χ0v) is 12.0. The monoisotopic (exact) mass is 276 g/mol. The summed E-state index contributed by atoms with van der Waals surface area (Å²) in [6.07, 6.45) is 0. The van der Waals surface area contributed by atoms with Gasteiger partial charge in [-0.2, -0.15) is 0 Å². The van der Waals surface area contributed by atoms with Crippen molar-refractivity contribution in [2.24, 2.45) is 0 Å². The molecule has 1 aromatic rings. The summed E-state index contributed by atoms with van der Waals surface area (Å²) in [5, 5.41) is 9.19. The third-order valence-corrected chi connectivity index (χ3v) is 3.20. The fourth-order valence-corrected chi connectivity index (χ4v) is 2.11. The number of hydrogen-bond acceptors (Lipinski definition) is 4. The number of amides is 2. The van der Waals surface area contributed by atoms with Gasteiger partial charge < -0.3 is 20.9 Å². The van der Waals surface area contributed by atoms with Crippen LogP contribution in [0.15, 0.2) is 18.2 Å². The summed E-state index contributed by atoms with van der Waals surface area (Å²) in [6, 6.07) is 4.87. The zero-order chi connectivity index (χ0) is 14.7. The molecule has 1 aliphatic heterocycles. The molecule has 2 rings (SSSR count). The number of fused-ring (bicyclic) bond motifs is 1. The maximum atomic E-state index is 12.1. The van der Waals surface area contributed by atoms with Gasteiger partial charge in [0.25, 0.3) is 5.91 Å². The number of nitrogens with one attached hydrogen (secondary N) is 3. The first-order chi connectivity index (χ1) is 9.49. The summed E-state index contributed by atoms with van der Waals surface area (Å²) in [7, 11) is 3.33. The van der Waals surface area contributed by atoms with Crippen LogP contribution in [0.25, 0.3) is 0 Å². The predicted molar refractivity (Wildman–Crippen MR) is 79.0 cm³/mol. The topological polar surface area (TPSA) is 73.5 Å². The normalized spacial score (nSPS) is 14.3. The number of carbonyl (C=O) groups excluding carboxylic acids is 2. The molecule has 0 fully saturated rings. The molecule has 0 bridgehead atoms. The molecule has 6 heteroatoms. The third-order valence-electron chi connectivity index (χ3n) is 3.20. The lowest BCUT2D eigenvalue weighted by Gasteiger charge is -2.21. The smallest absolute Gasteiger partial charge is 0.251 e. The number of carbonyl (C=O) groups is 2. The average Bonchev–Trinajstić information content (AvgIpc) is 2.45. The van der Waals surface area contributed by atoms with Gasteiger partial charge in [0.1, 0.15) is 6.04 Å². The molecule has 1 unspecified atom stereocenters. The summed E-state index contributed by atoms with van der Waals surface area (Å²) < 4.78 is 0. The lowest BCUT2D eigenvalue weighted by molar-refractivity contribution is -0.130. The molecule has 1 aromatic carbocycles. The summed E-state index contributed by atoms with van der Waals surface area (Å²) >= 11 is 0. The van der Waals surface area contributed by atoms with Crippen molar-refractivity contribution in [1.82, 2.24) is 10.2 Å². The van der Waals surface area contributed by atoms with E-state index >= 15 is 0 Å². The SMILES string of the molecule is CC(NC(=O)c1ccc2c(c1)NCCN2)C(=O)N(C)C. The van der Waals surface area contributed by atoms with E-state index in [0.717, 1.165) is 24.5 Å². The van der Waals surface area contributed by atoms with E-state index in [-0.39, 0.29) is 11.8 Å². The third kappa shape index (κ3) is 3.01. The van der Waals surface area contributed by atoms with Crippen molar-refractivity contribution in [2.45, 2.75) is 13.0 Å². The van der Waals surface area contributed by atoms with Crippen molar-refractivity contribution in [2.75, 3.05) is 37.8 Å². The van der Waals surface area contributed by atoms with Crippen LogP contribution in [0.1, 0.15) is 17.3 Å². The minimum atomic E-state index is -0.542. The minimum Gasteiger partial charge on any atom is -0.382 e. The largest absolute Gasteiger partial charge is 0.382 e. The molecule has 1 heterocycles. The molecule has 0 saturated carbocycles. The van der Waals surface area contributed by atoms with Gasteiger partial charge in [0, 0.05) is 32.7 Å². The Morgan fingerprint density at radius 2 is 1.85 bits per heavy atom. The average molecular weight is 276 g/mol. The van der Waals surface area contributed by atoms with E-state index in [2.05, 4.69) is 16.0 Å². The molecule has 0 saturated heterocycles. The fraction of sp³-hybridized carbons (Fsp3) is 0.429. The second-order valence-electron chi connectivity index (χ2n) is 5.04. The van der Waals surface area contributed by atoms with Crippen LogP contribution in [-0.4, -0.2) is 49.9 Å². The second kappa shape index (κ2) is 5.81. The Hall–Kier alpha value is -2.24. The number of nitrogens with zero attached hydrogens (tertiary/aromatic N) is 1. The van der Waals surface area contributed by atoms with E-state index in [9.17, 15) is 9.59 Å². The maximum Gasteiger partial charge on any atom is 0.251 e. The Morgan fingerprint density at radius 3 is 2.50 bits per heavy atom. The van der Waals surface area contributed by atoms with Crippen molar-refractivity contribution in [3.63, 3.8) is 0 Å². The number of likely N-dealkylation sites (N-methyl/N-ethyl adjacent to an activating group) is 1. The molecule has 0 aliphatic carbocycles. The molecule has 3 N–H and O–H groups in total. The molecule has 1 atom stereocenters. The van der Waals surface area contributed by atoms with E-state index < -0.39 is 6.04 Å². The van der Waals surface area contributed by atoms with Gasteiger partial charge in [0.2, 0.25) is 5.91 Å². The van der Waals surface area contributed by atoms with Gasteiger partial charge in [-0.05, 0) is 25.1 Å². The Kier molecular flexibility index (Phi) is 4.12. The standard InChI is InChI=1S/C14H20N4O2/c1-9(14(20)18(2)3)17-13(19)10-4-5-11-12(8-10)16-7-6-15-11/h4-5,8-9,15-16H,6-7H2,1-3H3,(H,17,19). The van der Waals surface area contributed by atoms with Crippen LogP contribution in [0.4, 0.5) is 11.4 Å². The first kappa shape index (κ1) is 14.2. The van der Waals surface area contributed by atoms with Crippen LogP contribution in [0.3, 0.4) is 0 Å². The van der Waals surface area contributed by atoms with E-state index in [1.165, 1.54) is 4.90 Å². The lowest BCUT2D eigenvalue weighted by atomic mass is 10.1. The summed E-state index contributed by atoms with van der Waals surface area (Å²) in [4.78, 5) is 25.3. The van der Waals surface area contributed by atoms with Gasteiger partial charge in [-0.25, -0.2) is 0 Å². The molecule has 0 radical (unpaired) electrons. The highest BCUT2D eigenvalue weighted by molar-refractivity contribution is 5.99. The van der Waals surface area contributed by atoms with Crippen LogP contribution < -0.4 is 16.0 Å². The van der Waals surface area contributed by atoms with E-state index in [1.807, 2.05) is 6.07 Å². The van der Waals surface area contributed by atoms with Gasteiger partial charge in [-0.3, -0.25) is 9.59 Å². The quantitative estimate of drug-likeness (QED) is 0.761. The van der Waals surface area contributed by atoms with Crippen LogP contribution >= 0.6 is 0 Å². The summed E-state index contributed by atoms with van der Waals surface area (Å²) in [5.74, 6) is -0.376. The number of hydrogen-bond donors (Lipinski definition) is 3. The Morgan fingerprint density at radius 1 is 1.20 bits per heavy atom. The first-order valence-corrected chi connectivity index (χ1v) is 6.63. The van der Waals surface area contributed by atoms with E-state index in [0.29, 0.717) is 5.56 Å². The van der Waals surface area contributed by atoms with E-state index in [4.69, 9.17) is 0 Å². The van der Waals surface area contributed by atoms with Crippen molar-refractivity contribution >= 4 is 23.2 Å². The maximum absolute atomic E-state index is 12.1. The molecule has 6 nitrogen and oxygen atoms in total. The van der Waals surface area contributed by atoms with Gasteiger partial charge in [-0.15, -0.1) is 0 Å². The highest BCUT2D eigenvalue weighted by Crippen LogP contribution is 2.25. The van der Waals surface area contributed by atoms with Gasteiger partial charge in [0.05, 0.1) is 11.4 Å². The Labute approximate surface area is 118 Å². The molecule has 0 aromatic heterocycles. The highest BCUT2D eigenvalue weighted by atomic mass is 16.2. The number of rotatable bonds is 3. The first-order valence-electron chi connectivity index (χ1n) is 6.63. The molecule has 2 amide bonds. The van der Waals surface area contributed by atoms with Gasteiger partial charge >= 0.3 is 0 Å². The van der Waals surface area contributed by atoms with Crippen LogP contribution in [0.5, 0.6) is 0 Å². The number of benzene rings is 1. The fourth-order valence-electron chi connectivity index (χ4n) is 2.11. The predicted octanol–water partition coefficient (Wildman–Crippen LogP) is 0.730. The zero-order valence-electron chi connectivity index (χ0n) is 12.0. The minimum absolute atomic E-state index is 0.129. The molecular weight excluding hydrogens is 256 g/mol. The van der Waals surface area contributed by atoms with Gasteiger partial charge in [0.15, 0.2) is 0 Å². The molecule has 0 spiro atoms.